The van der Waals surface area contributed by atoms with E-state index in [0.717, 1.165) is 44.8 Å². The number of benzene rings is 1. The van der Waals surface area contributed by atoms with Crippen LogP contribution in [0.2, 0.25) is 0 Å². The van der Waals surface area contributed by atoms with Gasteiger partial charge >= 0.3 is 6.18 Å². The van der Waals surface area contributed by atoms with Crippen LogP contribution in [0.15, 0.2) is 24.3 Å². The van der Waals surface area contributed by atoms with Crippen LogP contribution in [-0.4, -0.2) is 48.8 Å². The molecule has 28 heavy (non-hydrogen) atoms. The number of alkyl halides is 3. The van der Waals surface area contributed by atoms with Crippen molar-refractivity contribution >= 4 is 5.69 Å². The summed E-state index contributed by atoms with van der Waals surface area (Å²) in [6, 6.07) is 5.49. The van der Waals surface area contributed by atoms with E-state index in [2.05, 4.69) is 10.8 Å². The number of hydrogen-bond acceptors (Lipinski definition) is 3. The quantitative estimate of drug-likeness (QED) is 0.760. The third kappa shape index (κ3) is 5.21. The molecular formula is C22H29F3N2O. The second kappa shape index (κ2) is 8.75. The Kier molecular flexibility index (Phi) is 6.57. The Morgan fingerprint density at radius 2 is 1.79 bits per heavy atom. The van der Waals surface area contributed by atoms with Crippen LogP contribution in [-0.2, 0) is 6.18 Å². The normalized spacial score (nSPS) is 21.9. The Morgan fingerprint density at radius 1 is 1.11 bits per heavy atom. The van der Waals surface area contributed by atoms with Crippen molar-refractivity contribution in [1.29, 1.82) is 0 Å². The van der Waals surface area contributed by atoms with Crippen molar-refractivity contribution in [3.63, 3.8) is 0 Å². The topological polar surface area (TPSA) is 26.7 Å². The SMILES string of the molecule is C#CC1(CC(O)CN2CCN(c3cccc(C(F)(F)F)c3)CC2)CCCCC1. The maximum atomic E-state index is 12.9. The molecule has 1 aromatic rings. The molecule has 3 rings (SSSR count). The lowest BCUT2D eigenvalue weighted by Gasteiger charge is -2.39. The van der Waals surface area contributed by atoms with E-state index >= 15 is 0 Å². The number of halogens is 3. The molecule has 2 aliphatic rings. The first-order chi connectivity index (χ1) is 13.3. The first kappa shape index (κ1) is 21.0. The van der Waals surface area contributed by atoms with E-state index in [1.807, 2.05) is 4.90 Å². The number of aliphatic hydroxyl groups is 1. The summed E-state index contributed by atoms with van der Waals surface area (Å²) in [6.07, 6.45) is 7.09. The number of aliphatic hydroxyl groups excluding tert-OH is 1. The van der Waals surface area contributed by atoms with Crippen LogP contribution in [0.5, 0.6) is 0 Å². The van der Waals surface area contributed by atoms with Crippen molar-refractivity contribution in [3.8, 4) is 12.3 Å². The number of β-amino-alcohol motifs (C(OH)–C–C–N with tert-alkyl or cyclic N) is 1. The second-order valence-corrected chi connectivity index (χ2v) is 8.18. The summed E-state index contributed by atoms with van der Waals surface area (Å²) in [7, 11) is 0. The van der Waals surface area contributed by atoms with E-state index in [0.29, 0.717) is 31.7 Å². The number of rotatable bonds is 5. The highest BCUT2D eigenvalue weighted by Gasteiger charge is 2.33. The molecule has 1 saturated carbocycles. The average molecular weight is 394 g/mol. The maximum Gasteiger partial charge on any atom is 0.416 e. The van der Waals surface area contributed by atoms with Crippen LogP contribution in [0.3, 0.4) is 0 Å². The highest BCUT2D eigenvalue weighted by Crippen LogP contribution is 2.39. The smallest absolute Gasteiger partial charge is 0.392 e. The van der Waals surface area contributed by atoms with Gasteiger partial charge in [-0.1, -0.05) is 31.2 Å². The molecule has 0 spiro atoms. The van der Waals surface area contributed by atoms with Crippen LogP contribution in [0.1, 0.15) is 44.1 Å². The third-order valence-electron chi connectivity index (χ3n) is 6.12. The molecule has 3 nitrogen and oxygen atoms in total. The lowest BCUT2D eigenvalue weighted by Crippen LogP contribution is -2.49. The van der Waals surface area contributed by atoms with Crippen molar-refractivity contribution in [2.24, 2.45) is 5.41 Å². The van der Waals surface area contributed by atoms with Crippen LogP contribution in [0.25, 0.3) is 0 Å². The molecule has 1 atom stereocenters. The molecule has 1 unspecified atom stereocenters. The van der Waals surface area contributed by atoms with Crippen molar-refractivity contribution in [1.82, 2.24) is 4.90 Å². The summed E-state index contributed by atoms with van der Waals surface area (Å²) >= 11 is 0. The number of piperazine rings is 1. The van der Waals surface area contributed by atoms with Crippen LogP contribution in [0, 0.1) is 17.8 Å². The monoisotopic (exact) mass is 394 g/mol. The zero-order chi connectivity index (χ0) is 20.2. The fourth-order valence-electron chi connectivity index (χ4n) is 4.52. The summed E-state index contributed by atoms with van der Waals surface area (Å²) in [5.74, 6) is 2.95. The minimum Gasteiger partial charge on any atom is -0.392 e. The molecule has 1 aromatic carbocycles. The van der Waals surface area contributed by atoms with Gasteiger partial charge in [-0.3, -0.25) is 4.90 Å². The second-order valence-electron chi connectivity index (χ2n) is 8.18. The molecule has 1 N–H and O–H groups in total. The van der Waals surface area contributed by atoms with Crippen LogP contribution >= 0.6 is 0 Å². The molecule has 1 aliphatic carbocycles. The first-order valence-corrected chi connectivity index (χ1v) is 10.1. The van der Waals surface area contributed by atoms with Gasteiger partial charge in [-0.25, -0.2) is 0 Å². The Labute approximate surface area is 165 Å². The summed E-state index contributed by atoms with van der Waals surface area (Å²) in [6.45, 7) is 3.30. The van der Waals surface area contributed by atoms with Gasteiger partial charge in [0.25, 0.3) is 0 Å². The lowest BCUT2D eigenvalue weighted by atomic mass is 9.71. The predicted octanol–water partition coefficient (Wildman–Crippen LogP) is 4.16. The van der Waals surface area contributed by atoms with E-state index in [4.69, 9.17) is 6.42 Å². The Morgan fingerprint density at radius 3 is 2.39 bits per heavy atom. The third-order valence-corrected chi connectivity index (χ3v) is 6.12. The van der Waals surface area contributed by atoms with Crippen LogP contribution < -0.4 is 4.90 Å². The van der Waals surface area contributed by atoms with E-state index in [1.54, 1.807) is 6.07 Å². The van der Waals surface area contributed by atoms with Gasteiger partial charge in [0.05, 0.1) is 11.7 Å². The molecular weight excluding hydrogens is 365 g/mol. The number of hydrogen-bond donors (Lipinski definition) is 1. The summed E-state index contributed by atoms with van der Waals surface area (Å²) in [5.41, 5.74) is -0.184. The van der Waals surface area contributed by atoms with Crippen molar-refractivity contribution in [2.75, 3.05) is 37.6 Å². The van der Waals surface area contributed by atoms with Gasteiger partial charge in [-0.05, 0) is 37.5 Å². The highest BCUT2D eigenvalue weighted by atomic mass is 19.4. The van der Waals surface area contributed by atoms with E-state index in [9.17, 15) is 18.3 Å². The minimum atomic E-state index is -4.33. The molecule has 0 aromatic heterocycles. The van der Waals surface area contributed by atoms with Crippen molar-refractivity contribution in [2.45, 2.75) is 50.8 Å². The number of nitrogens with zero attached hydrogens (tertiary/aromatic N) is 2. The molecule has 0 bridgehead atoms. The first-order valence-electron chi connectivity index (χ1n) is 10.1. The molecule has 0 radical (unpaired) electrons. The van der Waals surface area contributed by atoms with E-state index in [-0.39, 0.29) is 5.41 Å². The summed E-state index contributed by atoms with van der Waals surface area (Å²) in [5, 5.41) is 10.6. The Hall–Kier alpha value is -1.71. The standard InChI is InChI=1S/C22H29F3N2O/c1-2-21(9-4-3-5-10-21)16-20(28)17-26-11-13-27(14-12-26)19-8-6-7-18(15-19)22(23,24)25/h1,6-8,15,20,28H,3-5,9-14,16-17H2. The van der Waals surface area contributed by atoms with Crippen molar-refractivity contribution in [3.05, 3.63) is 29.8 Å². The molecule has 1 heterocycles. The van der Waals surface area contributed by atoms with Gasteiger partial charge < -0.3 is 10.0 Å². The molecule has 0 amide bonds. The zero-order valence-corrected chi connectivity index (χ0v) is 16.2. The fourth-order valence-corrected chi connectivity index (χ4v) is 4.52. The molecule has 1 saturated heterocycles. The number of anilines is 1. The fraction of sp³-hybridized carbons (Fsp3) is 0.636. The van der Waals surface area contributed by atoms with Gasteiger partial charge in [0.1, 0.15) is 0 Å². The Balaban J connectivity index is 1.51. The summed E-state index contributed by atoms with van der Waals surface area (Å²) in [4.78, 5) is 4.16. The van der Waals surface area contributed by atoms with Gasteiger partial charge in [0, 0.05) is 43.8 Å². The lowest BCUT2D eigenvalue weighted by molar-refractivity contribution is -0.137. The van der Waals surface area contributed by atoms with Gasteiger partial charge in [0.15, 0.2) is 0 Å². The largest absolute Gasteiger partial charge is 0.416 e. The number of terminal acetylenes is 1. The van der Waals surface area contributed by atoms with Gasteiger partial charge in [-0.15, -0.1) is 6.42 Å². The van der Waals surface area contributed by atoms with Gasteiger partial charge in [0.2, 0.25) is 0 Å². The predicted molar refractivity (Wildman–Crippen MR) is 105 cm³/mol. The van der Waals surface area contributed by atoms with Crippen molar-refractivity contribution < 1.29 is 18.3 Å². The van der Waals surface area contributed by atoms with Crippen LogP contribution in [0.4, 0.5) is 18.9 Å². The highest BCUT2D eigenvalue weighted by molar-refractivity contribution is 5.49. The zero-order valence-electron chi connectivity index (χ0n) is 16.2. The van der Waals surface area contributed by atoms with Gasteiger partial charge in [-0.2, -0.15) is 13.2 Å². The molecule has 2 fully saturated rings. The van der Waals surface area contributed by atoms with E-state index < -0.39 is 17.8 Å². The molecule has 6 heteroatoms. The molecule has 154 valence electrons. The Bertz CT molecular complexity index is 684. The average Bonchev–Trinajstić information content (AvgIpc) is 2.68. The maximum absolute atomic E-state index is 12.9. The molecule has 1 aliphatic heterocycles. The van der Waals surface area contributed by atoms with E-state index in [1.165, 1.54) is 18.6 Å². The summed E-state index contributed by atoms with van der Waals surface area (Å²) < 4.78 is 38.8. The minimum absolute atomic E-state index is 0.169.